The first-order chi connectivity index (χ1) is 10.2. The van der Waals surface area contributed by atoms with Gasteiger partial charge in [0, 0.05) is 12.3 Å². The van der Waals surface area contributed by atoms with Gasteiger partial charge in [0.25, 0.3) is 5.69 Å². The van der Waals surface area contributed by atoms with Crippen LogP contribution in [0.15, 0.2) is 53.3 Å². The van der Waals surface area contributed by atoms with Crippen LogP contribution < -0.4 is 4.74 Å². The molecular weight excluding hydrogens is 276 g/mol. The second-order valence-corrected chi connectivity index (χ2v) is 4.11. The van der Waals surface area contributed by atoms with E-state index in [1.165, 1.54) is 30.7 Å². The molecule has 0 N–H and O–H groups in total. The summed E-state index contributed by atoms with van der Waals surface area (Å²) >= 11 is 0. The molecule has 1 aromatic carbocycles. The van der Waals surface area contributed by atoms with Crippen molar-refractivity contribution in [2.45, 2.75) is 0 Å². The number of esters is 1. The Kier molecular flexibility index (Phi) is 3.07. The van der Waals surface area contributed by atoms with E-state index in [1.807, 2.05) is 0 Å². The number of non-ortho nitro benzene ring substituents is 1. The van der Waals surface area contributed by atoms with Crippen molar-refractivity contribution in [3.8, 4) is 5.75 Å². The average Bonchev–Trinajstić information content (AvgIpc) is 3.01. The van der Waals surface area contributed by atoms with Gasteiger partial charge in [-0.05, 0) is 30.3 Å². The second kappa shape index (κ2) is 5.04. The van der Waals surface area contributed by atoms with Gasteiger partial charge < -0.3 is 9.15 Å². The maximum atomic E-state index is 11.9. The molecule has 3 rings (SSSR count). The van der Waals surface area contributed by atoms with Crippen LogP contribution in [0.5, 0.6) is 5.75 Å². The van der Waals surface area contributed by atoms with Crippen molar-refractivity contribution in [2.75, 3.05) is 0 Å². The number of hydrogen-bond acceptors (Lipinski definition) is 6. The Morgan fingerprint density at radius 2 is 2.10 bits per heavy atom. The van der Waals surface area contributed by atoms with Gasteiger partial charge in [0.05, 0.1) is 16.6 Å². The van der Waals surface area contributed by atoms with Crippen molar-refractivity contribution in [3.63, 3.8) is 0 Å². The molecule has 104 valence electrons. The molecule has 0 unspecified atom stereocenters. The van der Waals surface area contributed by atoms with Crippen LogP contribution in [0.1, 0.15) is 10.6 Å². The van der Waals surface area contributed by atoms with Gasteiger partial charge in [-0.2, -0.15) is 0 Å². The molecular formula is C14H8N2O5. The summed E-state index contributed by atoms with van der Waals surface area (Å²) in [5.74, 6) is -0.518. The molecule has 0 amide bonds. The number of nitro benzene ring substituents is 1. The van der Waals surface area contributed by atoms with Gasteiger partial charge in [0.2, 0.25) is 5.76 Å². The molecule has 7 heteroatoms. The van der Waals surface area contributed by atoms with E-state index in [0.717, 1.165) is 0 Å². The van der Waals surface area contributed by atoms with Crippen LogP contribution in [0.3, 0.4) is 0 Å². The minimum Gasteiger partial charge on any atom is -0.457 e. The third-order valence-electron chi connectivity index (χ3n) is 2.83. The first kappa shape index (κ1) is 12.8. The molecule has 0 aliphatic rings. The molecule has 0 fully saturated rings. The number of ether oxygens (including phenoxy) is 1. The molecule has 0 saturated heterocycles. The third-order valence-corrected chi connectivity index (χ3v) is 2.83. The lowest BCUT2D eigenvalue weighted by atomic mass is 10.1. The Bertz CT molecular complexity index is 827. The first-order valence-corrected chi connectivity index (χ1v) is 5.94. The zero-order valence-corrected chi connectivity index (χ0v) is 10.6. The van der Waals surface area contributed by atoms with Gasteiger partial charge >= 0.3 is 5.97 Å². The Morgan fingerprint density at radius 3 is 2.81 bits per heavy atom. The van der Waals surface area contributed by atoms with Crippen molar-refractivity contribution in [1.29, 1.82) is 0 Å². The van der Waals surface area contributed by atoms with Crippen LogP contribution >= 0.6 is 0 Å². The van der Waals surface area contributed by atoms with E-state index in [0.29, 0.717) is 5.39 Å². The van der Waals surface area contributed by atoms with Gasteiger partial charge in [-0.15, -0.1) is 0 Å². The lowest BCUT2D eigenvalue weighted by Crippen LogP contribution is -2.08. The van der Waals surface area contributed by atoms with Crippen LogP contribution in [0, 0.1) is 10.1 Å². The Morgan fingerprint density at radius 1 is 1.24 bits per heavy atom. The number of hydrogen-bond donors (Lipinski definition) is 0. The molecule has 0 spiro atoms. The molecule has 0 aliphatic carbocycles. The van der Waals surface area contributed by atoms with Crippen LogP contribution in [-0.4, -0.2) is 15.9 Å². The van der Waals surface area contributed by atoms with E-state index in [-0.39, 0.29) is 22.7 Å². The minimum atomic E-state index is -0.694. The van der Waals surface area contributed by atoms with Crippen LogP contribution in [-0.2, 0) is 0 Å². The van der Waals surface area contributed by atoms with Crippen LogP contribution in [0.4, 0.5) is 5.69 Å². The third kappa shape index (κ3) is 2.32. The Balaban J connectivity index is 2.06. The standard InChI is InChI=1S/C14H8N2O5/c17-14(12-4-2-8-20-12)21-11-6-5-10(16(18)19)9-3-1-7-15-13(9)11/h1-8H. The zero-order chi connectivity index (χ0) is 14.8. The summed E-state index contributed by atoms with van der Waals surface area (Å²) in [5.41, 5.74) is 0.141. The number of carbonyl (C=O) groups excluding carboxylic acids is 1. The van der Waals surface area contributed by atoms with Crippen LogP contribution in [0.25, 0.3) is 10.9 Å². The van der Waals surface area contributed by atoms with E-state index in [2.05, 4.69) is 4.98 Å². The fourth-order valence-corrected chi connectivity index (χ4v) is 1.92. The van der Waals surface area contributed by atoms with Gasteiger partial charge in [-0.3, -0.25) is 15.1 Å². The number of nitrogens with zero attached hydrogens (tertiary/aromatic N) is 2. The van der Waals surface area contributed by atoms with Gasteiger partial charge in [-0.25, -0.2) is 4.79 Å². The second-order valence-electron chi connectivity index (χ2n) is 4.11. The smallest absolute Gasteiger partial charge is 0.379 e. The van der Waals surface area contributed by atoms with Gasteiger partial charge in [-0.1, -0.05) is 0 Å². The van der Waals surface area contributed by atoms with Crippen molar-refractivity contribution >= 4 is 22.6 Å². The maximum Gasteiger partial charge on any atom is 0.379 e. The lowest BCUT2D eigenvalue weighted by Gasteiger charge is -2.06. The predicted octanol–water partition coefficient (Wildman–Crippen LogP) is 2.96. The molecule has 3 aromatic rings. The molecule has 21 heavy (non-hydrogen) atoms. The molecule has 0 aliphatic heterocycles. The molecule has 0 radical (unpaired) electrons. The van der Waals surface area contributed by atoms with Crippen molar-refractivity contribution in [1.82, 2.24) is 4.98 Å². The molecule has 2 heterocycles. The maximum absolute atomic E-state index is 11.9. The van der Waals surface area contributed by atoms with Crippen molar-refractivity contribution < 1.29 is 18.9 Å². The molecule has 0 saturated carbocycles. The summed E-state index contributed by atoms with van der Waals surface area (Å²) in [5, 5.41) is 11.3. The average molecular weight is 284 g/mol. The summed E-state index contributed by atoms with van der Waals surface area (Å²) < 4.78 is 10.1. The number of rotatable bonds is 3. The Hall–Kier alpha value is -3.22. The minimum absolute atomic E-state index is 0.0393. The van der Waals surface area contributed by atoms with E-state index in [4.69, 9.17) is 9.15 Å². The summed E-state index contributed by atoms with van der Waals surface area (Å²) in [4.78, 5) is 26.4. The van der Waals surface area contributed by atoms with E-state index < -0.39 is 10.9 Å². The highest BCUT2D eigenvalue weighted by Crippen LogP contribution is 2.31. The molecule has 7 nitrogen and oxygen atoms in total. The number of aromatic nitrogens is 1. The fourth-order valence-electron chi connectivity index (χ4n) is 1.92. The highest BCUT2D eigenvalue weighted by Gasteiger charge is 2.19. The van der Waals surface area contributed by atoms with Gasteiger partial charge in [0.1, 0.15) is 5.52 Å². The number of nitro groups is 1. The van der Waals surface area contributed by atoms with E-state index in [9.17, 15) is 14.9 Å². The van der Waals surface area contributed by atoms with E-state index in [1.54, 1.807) is 18.2 Å². The molecule has 0 atom stereocenters. The fraction of sp³-hybridized carbons (Fsp3) is 0. The van der Waals surface area contributed by atoms with Gasteiger partial charge in [0.15, 0.2) is 5.75 Å². The van der Waals surface area contributed by atoms with E-state index >= 15 is 0 Å². The summed E-state index contributed by atoms with van der Waals surface area (Å²) in [6, 6.07) is 8.76. The highest BCUT2D eigenvalue weighted by molar-refractivity contribution is 5.95. The number of benzene rings is 1. The zero-order valence-electron chi connectivity index (χ0n) is 10.6. The van der Waals surface area contributed by atoms with Crippen LogP contribution in [0.2, 0.25) is 0 Å². The predicted molar refractivity (Wildman–Crippen MR) is 72.1 cm³/mol. The summed E-state index contributed by atoms with van der Waals surface area (Å²) in [6.45, 7) is 0. The Labute approximate surface area is 117 Å². The quantitative estimate of drug-likeness (QED) is 0.317. The normalized spacial score (nSPS) is 10.5. The lowest BCUT2D eigenvalue weighted by molar-refractivity contribution is -0.383. The SMILES string of the molecule is O=C(Oc1ccc([N+](=O)[O-])c2cccnc12)c1ccco1. The highest BCUT2D eigenvalue weighted by atomic mass is 16.6. The number of fused-ring (bicyclic) bond motifs is 1. The number of pyridine rings is 1. The topological polar surface area (TPSA) is 95.5 Å². The van der Waals surface area contributed by atoms with Crippen molar-refractivity contribution in [3.05, 3.63) is 64.7 Å². The summed E-state index contributed by atoms with van der Waals surface area (Å²) in [7, 11) is 0. The first-order valence-electron chi connectivity index (χ1n) is 5.94. The number of furan rings is 1. The largest absolute Gasteiger partial charge is 0.457 e. The van der Waals surface area contributed by atoms with Crippen molar-refractivity contribution in [2.24, 2.45) is 0 Å². The summed E-state index contributed by atoms with van der Waals surface area (Å²) in [6.07, 6.45) is 2.82. The molecule has 0 bridgehead atoms. The molecule has 2 aromatic heterocycles. The number of carbonyl (C=O) groups is 1. The monoisotopic (exact) mass is 284 g/mol.